The number of carboxylic acids is 1. The number of aromatic carboxylic acids is 1. The third kappa shape index (κ3) is 3.40. The van der Waals surface area contributed by atoms with Gasteiger partial charge in [0.25, 0.3) is 10.0 Å². The maximum Gasteiger partial charge on any atom is 0.335 e. The summed E-state index contributed by atoms with van der Waals surface area (Å²) >= 11 is 8.59. The van der Waals surface area contributed by atoms with Crippen LogP contribution in [0.25, 0.3) is 0 Å². The van der Waals surface area contributed by atoms with Crippen LogP contribution in [0.2, 0.25) is 5.02 Å². The van der Waals surface area contributed by atoms with Gasteiger partial charge in [0.05, 0.1) is 16.3 Å². The summed E-state index contributed by atoms with van der Waals surface area (Å²) in [5.74, 6) is -2.09. The summed E-state index contributed by atoms with van der Waals surface area (Å²) in [6.07, 6.45) is 0. The highest BCUT2D eigenvalue weighted by atomic mass is 79.9. The van der Waals surface area contributed by atoms with Crippen molar-refractivity contribution in [3.63, 3.8) is 0 Å². The first-order valence-corrected chi connectivity index (χ1v) is 8.37. The van der Waals surface area contributed by atoms with E-state index in [1.165, 1.54) is 18.2 Å². The first kappa shape index (κ1) is 16.7. The van der Waals surface area contributed by atoms with Gasteiger partial charge < -0.3 is 5.11 Å². The van der Waals surface area contributed by atoms with Crippen LogP contribution in [0.3, 0.4) is 0 Å². The highest BCUT2D eigenvalue weighted by Crippen LogP contribution is 2.28. The van der Waals surface area contributed by atoms with Gasteiger partial charge in [0.2, 0.25) is 0 Å². The van der Waals surface area contributed by atoms with Crippen LogP contribution >= 0.6 is 27.5 Å². The zero-order valence-electron chi connectivity index (χ0n) is 10.7. The molecule has 0 heterocycles. The van der Waals surface area contributed by atoms with Crippen LogP contribution in [0.4, 0.5) is 10.1 Å². The van der Waals surface area contributed by atoms with E-state index >= 15 is 0 Å². The number of rotatable bonds is 4. The maximum absolute atomic E-state index is 13.8. The van der Waals surface area contributed by atoms with Crippen molar-refractivity contribution >= 4 is 49.2 Å². The molecule has 0 fully saturated rings. The molecule has 2 aromatic carbocycles. The molecule has 2 rings (SSSR count). The second-order valence-electron chi connectivity index (χ2n) is 4.16. The first-order chi connectivity index (χ1) is 10.2. The molecule has 0 unspecified atom stereocenters. The summed E-state index contributed by atoms with van der Waals surface area (Å²) in [7, 11) is -4.11. The van der Waals surface area contributed by atoms with Crippen molar-refractivity contribution in [2.75, 3.05) is 4.72 Å². The molecule has 22 heavy (non-hydrogen) atoms. The third-order valence-electron chi connectivity index (χ3n) is 2.66. The second kappa shape index (κ2) is 6.23. The summed E-state index contributed by atoms with van der Waals surface area (Å²) in [6.45, 7) is 0. The molecule has 2 aromatic rings. The van der Waals surface area contributed by atoms with E-state index in [0.29, 0.717) is 0 Å². The van der Waals surface area contributed by atoms with Crippen LogP contribution in [0, 0.1) is 5.82 Å². The molecule has 0 aliphatic heterocycles. The quantitative estimate of drug-likeness (QED) is 0.807. The Morgan fingerprint density at radius 1 is 1.27 bits per heavy atom. The van der Waals surface area contributed by atoms with E-state index < -0.39 is 21.8 Å². The summed E-state index contributed by atoms with van der Waals surface area (Å²) < 4.78 is 40.4. The number of carboxylic acid groups (broad SMARTS) is 1. The fourth-order valence-electron chi connectivity index (χ4n) is 1.63. The predicted octanol–water partition coefficient (Wildman–Crippen LogP) is 3.74. The van der Waals surface area contributed by atoms with E-state index in [0.717, 1.165) is 18.2 Å². The number of sulfonamides is 1. The fourth-order valence-corrected chi connectivity index (χ4v) is 3.95. The molecule has 0 saturated carbocycles. The number of hydrogen-bond donors (Lipinski definition) is 2. The molecule has 0 saturated heterocycles. The van der Waals surface area contributed by atoms with Gasteiger partial charge in [-0.2, -0.15) is 0 Å². The Labute approximate surface area is 138 Å². The van der Waals surface area contributed by atoms with E-state index in [9.17, 15) is 17.6 Å². The van der Waals surface area contributed by atoms with Crippen LogP contribution in [0.1, 0.15) is 10.4 Å². The Kier molecular flexibility index (Phi) is 4.74. The van der Waals surface area contributed by atoms with E-state index in [4.69, 9.17) is 16.7 Å². The summed E-state index contributed by atoms with van der Waals surface area (Å²) in [4.78, 5) is 10.6. The number of carbonyl (C=O) groups is 1. The van der Waals surface area contributed by atoms with Gasteiger partial charge in [-0.25, -0.2) is 17.6 Å². The van der Waals surface area contributed by atoms with Gasteiger partial charge in [-0.15, -0.1) is 0 Å². The molecule has 0 aliphatic rings. The van der Waals surface area contributed by atoms with Gasteiger partial charge in [0.1, 0.15) is 4.90 Å². The molecule has 0 amide bonds. The van der Waals surface area contributed by atoms with Crippen LogP contribution < -0.4 is 4.72 Å². The van der Waals surface area contributed by atoms with Crippen molar-refractivity contribution in [2.24, 2.45) is 0 Å². The third-order valence-corrected chi connectivity index (χ3v) is 5.30. The van der Waals surface area contributed by atoms with E-state index in [1.807, 2.05) is 0 Å². The number of halogens is 3. The molecule has 0 atom stereocenters. The molecule has 0 aromatic heterocycles. The number of nitrogens with one attached hydrogen (secondary N) is 1. The highest BCUT2D eigenvalue weighted by molar-refractivity contribution is 9.10. The molecular weight excluding hydrogens is 401 g/mol. The Balaban J connectivity index is 2.43. The first-order valence-electron chi connectivity index (χ1n) is 5.72. The monoisotopic (exact) mass is 407 g/mol. The Hall–Kier alpha value is -1.64. The summed E-state index contributed by atoms with van der Waals surface area (Å²) in [6, 6.07) is 7.29. The Morgan fingerprint density at radius 2 is 1.95 bits per heavy atom. The molecule has 116 valence electrons. The van der Waals surface area contributed by atoms with Crippen LogP contribution in [0.15, 0.2) is 45.8 Å². The smallest absolute Gasteiger partial charge is 0.335 e. The molecule has 2 N–H and O–H groups in total. The number of benzene rings is 2. The standard InChI is InChI=1S/C13H8BrClFNO4S/c14-8-6-7(13(18)19)4-5-11(8)22(20,21)17-10-3-1-2-9(15)12(10)16/h1-6,17H,(H,18,19). The van der Waals surface area contributed by atoms with E-state index in [1.54, 1.807) is 0 Å². The molecule has 0 spiro atoms. The Morgan fingerprint density at radius 3 is 2.55 bits per heavy atom. The topological polar surface area (TPSA) is 83.5 Å². The minimum absolute atomic E-state index is 0.0438. The van der Waals surface area contributed by atoms with Crippen molar-refractivity contribution in [3.05, 3.63) is 57.3 Å². The average Bonchev–Trinajstić information content (AvgIpc) is 2.43. The predicted molar refractivity (Wildman–Crippen MR) is 83.3 cm³/mol. The zero-order chi connectivity index (χ0) is 16.5. The molecule has 9 heteroatoms. The lowest BCUT2D eigenvalue weighted by atomic mass is 10.2. The fraction of sp³-hybridized carbons (Fsp3) is 0. The lowest BCUT2D eigenvalue weighted by Gasteiger charge is -2.11. The largest absolute Gasteiger partial charge is 0.478 e. The number of anilines is 1. The molecule has 0 radical (unpaired) electrons. The van der Waals surface area contributed by atoms with Crippen LogP contribution in [-0.2, 0) is 10.0 Å². The molecule has 0 bridgehead atoms. The van der Waals surface area contributed by atoms with Crippen LogP contribution in [-0.4, -0.2) is 19.5 Å². The van der Waals surface area contributed by atoms with Gasteiger partial charge in [0.15, 0.2) is 5.82 Å². The van der Waals surface area contributed by atoms with Crippen molar-refractivity contribution in [1.82, 2.24) is 0 Å². The summed E-state index contributed by atoms with van der Waals surface area (Å²) in [5.41, 5.74) is -0.388. The van der Waals surface area contributed by atoms with Gasteiger partial charge in [0, 0.05) is 4.47 Å². The minimum Gasteiger partial charge on any atom is -0.478 e. The second-order valence-corrected chi connectivity index (χ2v) is 7.07. The van der Waals surface area contributed by atoms with Gasteiger partial charge >= 0.3 is 5.97 Å². The average molecular weight is 409 g/mol. The lowest BCUT2D eigenvalue weighted by molar-refractivity contribution is 0.0696. The number of hydrogen-bond acceptors (Lipinski definition) is 3. The highest BCUT2D eigenvalue weighted by Gasteiger charge is 2.21. The Bertz CT molecular complexity index is 857. The van der Waals surface area contributed by atoms with Crippen molar-refractivity contribution in [1.29, 1.82) is 0 Å². The van der Waals surface area contributed by atoms with E-state index in [2.05, 4.69) is 20.7 Å². The van der Waals surface area contributed by atoms with Gasteiger partial charge in [-0.1, -0.05) is 17.7 Å². The molecule has 5 nitrogen and oxygen atoms in total. The molecule has 0 aliphatic carbocycles. The SMILES string of the molecule is O=C(O)c1ccc(S(=O)(=O)Nc2cccc(Cl)c2F)c(Br)c1. The van der Waals surface area contributed by atoms with Crippen molar-refractivity contribution in [3.8, 4) is 0 Å². The van der Waals surface area contributed by atoms with Gasteiger partial charge in [-0.3, -0.25) is 4.72 Å². The maximum atomic E-state index is 13.8. The van der Waals surface area contributed by atoms with Crippen molar-refractivity contribution in [2.45, 2.75) is 4.90 Å². The van der Waals surface area contributed by atoms with Gasteiger partial charge in [-0.05, 0) is 46.3 Å². The molecular formula is C13H8BrClFNO4S. The van der Waals surface area contributed by atoms with Crippen molar-refractivity contribution < 1.29 is 22.7 Å². The van der Waals surface area contributed by atoms with E-state index in [-0.39, 0.29) is 25.6 Å². The zero-order valence-corrected chi connectivity index (χ0v) is 13.8. The van der Waals surface area contributed by atoms with Crippen LogP contribution in [0.5, 0.6) is 0 Å². The normalized spacial score (nSPS) is 11.2. The summed E-state index contributed by atoms with van der Waals surface area (Å²) in [5, 5.41) is 8.63. The minimum atomic E-state index is -4.11. The lowest BCUT2D eigenvalue weighted by Crippen LogP contribution is -2.15.